The van der Waals surface area contributed by atoms with E-state index < -0.39 is 0 Å². The third kappa shape index (κ3) is 4.93. The number of likely N-dealkylation sites (N-methyl/N-ethyl adjacent to an activating group) is 1. The first-order chi connectivity index (χ1) is 13.5. The molecule has 0 spiro atoms. The fraction of sp³-hybridized carbons (Fsp3) is 0.762. The van der Waals surface area contributed by atoms with Gasteiger partial charge in [-0.05, 0) is 45.6 Å². The van der Waals surface area contributed by atoms with Crippen molar-refractivity contribution in [2.75, 3.05) is 45.8 Å². The Hall–Kier alpha value is -1.89. The van der Waals surface area contributed by atoms with Crippen molar-refractivity contribution >= 4 is 11.8 Å². The molecule has 2 fully saturated rings. The highest BCUT2D eigenvalue weighted by Gasteiger charge is 2.28. The molecule has 1 aromatic heterocycles. The third-order valence-corrected chi connectivity index (χ3v) is 6.50. The molecular formula is C21H35N5O2. The number of imidazole rings is 1. The maximum atomic E-state index is 12.8. The summed E-state index contributed by atoms with van der Waals surface area (Å²) in [6, 6.07) is -0.206. The van der Waals surface area contributed by atoms with Crippen LogP contribution in [0.4, 0.5) is 0 Å². The number of nitrogens with zero attached hydrogens (tertiary/aromatic N) is 5. The van der Waals surface area contributed by atoms with E-state index in [2.05, 4.69) is 16.8 Å². The minimum atomic E-state index is -0.206. The molecule has 2 saturated heterocycles. The standard InChI is InChI=1S/C21H35N5O2/c1-4-23-13-15-24(16-14-23)20(27)6-5-19-7-10-25(11-8-19)21(28)17(2)26-12-9-22-18(26)3/h9,12,17,19H,4-8,10-11,13-16H2,1-3H3/t17-/m0/s1. The smallest absolute Gasteiger partial charge is 0.245 e. The Kier molecular flexibility index (Phi) is 7.10. The van der Waals surface area contributed by atoms with Crippen LogP contribution < -0.4 is 0 Å². The van der Waals surface area contributed by atoms with Crippen LogP contribution >= 0.6 is 0 Å². The minimum Gasteiger partial charge on any atom is -0.341 e. The van der Waals surface area contributed by atoms with Gasteiger partial charge in [-0.1, -0.05) is 6.92 Å². The van der Waals surface area contributed by atoms with Crippen LogP contribution in [0, 0.1) is 12.8 Å². The Morgan fingerprint density at radius 1 is 1.11 bits per heavy atom. The lowest BCUT2D eigenvalue weighted by Crippen LogP contribution is -2.48. The number of piperidine rings is 1. The number of likely N-dealkylation sites (tertiary alicyclic amines) is 1. The maximum Gasteiger partial charge on any atom is 0.245 e. The molecule has 156 valence electrons. The van der Waals surface area contributed by atoms with Gasteiger partial charge in [-0.25, -0.2) is 4.98 Å². The third-order valence-electron chi connectivity index (χ3n) is 6.50. The summed E-state index contributed by atoms with van der Waals surface area (Å²) in [5, 5.41) is 0. The van der Waals surface area contributed by atoms with Crippen molar-refractivity contribution in [1.82, 2.24) is 24.3 Å². The second-order valence-corrected chi connectivity index (χ2v) is 8.18. The summed E-state index contributed by atoms with van der Waals surface area (Å²) in [6.07, 6.45) is 7.21. The lowest BCUT2D eigenvalue weighted by molar-refractivity contribution is -0.136. The first kappa shape index (κ1) is 20.8. The fourth-order valence-electron chi connectivity index (χ4n) is 4.42. The Balaban J connectivity index is 1.39. The van der Waals surface area contributed by atoms with Crippen LogP contribution in [-0.2, 0) is 9.59 Å². The van der Waals surface area contributed by atoms with Crippen molar-refractivity contribution in [2.45, 2.75) is 52.5 Å². The summed E-state index contributed by atoms with van der Waals surface area (Å²) in [5.74, 6) is 1.90. The van der Waals surface area contributed by atoms with E-state index in [-0.39, 0.29) is 11.9 Å². The largest absolute Gasteiger partial charge is 0.341 e. The highest BCUT2D eigenvalue weighted by molar-refractivity contribution is 5.80. The summed E-state index contributed by atoms with van der Waals surface area (Å²) in [5.41, 5.74) is 0. The lowest BCUT2D eigenvalue weighted by atomic mass is 9.91. The predicted octanol–water partition coefficient (Wildman–Crippen LogP) is 1.94. The van der Waals surface area contributed by atoms with Gasteiger partial charge in [0.2, 0.25) is 11.8 Å². The molecule has 0 N–H and O–H groups in total. The number of piperazine rings is 1. The summed E-state index contributed by atoms with van der Waals surface area (Å²) in [7, 11) is 0. The highest BCUT2D eigenvalue weighted by atomic mass is 16.2. The number of aryl methyl sites for hydroxylation is 1. The monoisotopic (exact) mass is 389 g/mol. The van der Waals surface area contributed by atoms with Crippen LogP contribution in [0.1, 0.15) is 51.4 Å². The van der Waals surface area contributed by atoms with E-state index in [1.165, 1.54) is 0 Å². The van der Waals surface area contributed by atoms with Gasteiger partial charge in [0, 0.05) is 58.1 Å². The molecule has 0 aliphatic carbocycles. The van der Waals surface area contributed by atoms with Crippen LogP contribution in [0.15, 0.2) is 12.4 Å². The van der Waals surface area contributed by atoms with Gasteiger partial charge in [-0.3, -0.25) is 9.59 Å². The topological polar surface area (TPSA) is 61.7 Å². The molecule has 1 aromatic rings. The molecule has 2 aliphatic rings. The van der Waals surface area contributed by atoms with Crippen molar-refractivity contribution in [3.05, 3.63) is 18.2 Å². The van der Waals surface area contributed by atoms with Crippen LogP contribution in [0.5, 0.6) is 0 Å². The van der Waals surface area contributed by atoms with E-state index in [4.69, 9.17) is 0 Å². The van der Waals surface area contributed by atoms with Gasteiger partial charge in [0.15, 0.2) is 0 Å². The maximum absolute atomic E-state index is 12.8. The molecule has 0 saturated carbocycles. The van der Waals surface area contributed by atoms with Crippen molar-refractivity contribution < 1.29 is 9.59 Å². The summed E-state index contributed by atoms with van der Waals surface area (Å²) in [6.45, 7) is 12.4. The molecule has 0 unspecified atom stereocenters. The molecule has 2 aliphatic heterocycles. The molecule has 0 aromatic carbocycles. The minimum absolute atomic E-state index is 0.171. The van der Waals surface area contributed by atoms with E-state index in [0.29, 0.717) is 18.2 Å². The molecule has 28 heavy (non-hydrogen) atoms. The molecule has 3 rings (SSSR count). The number of aromatic nitrogens is 2. The zero-order valence-electron chi connectivity index (χ0n) is 17.6. The van der Waals surface area contributed by atoms with Gasteiger partial charge in [-0.2, -0.15) is 0 Å². The average Bonchev–Trinajstić information content (AvgIpc) is 3.17. The van der Waals surface area contributed by atoms with Crippen molar-refractivity contribution in [1.29, 1.82) is 0 Å². The molecule has 0 radical (unpaired) electrons. The summed E-state index contributed by atoms with van der Waals surface area (Å²) >= 11 is 0. The fourth-order valence-corrected chi connectivity index (χ4v) is 4.42. The summed E-state index contributed by atoms with van der Waals surface area (Å²) in [4.78, 5) is 35.9. The average molecular weight is 390 g/mol. The van der Waals surface area contributed by atoms with Gasteiger partial charge in [0.05, 0.1) is 0 Å². The molecular weight excluding hydrogens is 354 g/mol. The second kappa shape index (κ2) is 9.54. The summed E-state index contributed by atoms with van der Waals surface area (Å²) < 4.78 is 1.94. The van der Waals surface area contributed by atoms with Gasteiger partial charge < -0.3 is 19.3 Å². The van der Waals surface area contributed by atoms with E-state index >= 15 is 0 Å². The van der Waals surface area contributed by atoms with Gasteiger partial charge in [0.25, 0.3) is 0 Å². The van der Waals surface area contributed by atoms with Gasteiger partial charge in [-0.15, -0.1) is 0 Å². The Morgan fingerprint density at radius 3 is 2.36 bits per heavy atom. The van der Waals surface area contributed by atoms with E-state index in [1.807, 2.05) is 34.4 Å². The van der Waals surface area contributed by atoms with Crippen molar-refractivity contribution in [3.8, 4) is 0 Å². The van der Waals surface area contributed by atoms with Crippen molar-refractivity contribution in [2.24, 2.45) is 5.92 Å². The normalized spacial score (nSPS) is 20.4. The van der Waals surface area contributed by atoms with Gasteiger partial charge in [0.1, 0.15) is 11.9 Å². The zero-order chi connectivity index (χ0) is 20.1. The van der Waals surface area contributed by atoms with Gasteiger partial charge >= 0.3 is 0 Å². The molecule has 2 amide bonds. The molecule has 0 bridgehead atoms. The first-order valence-corrected chi connectivity index (χ1v) is 10.8. The molecule has 1 atom stereocenters. The Morgan fingerprint density at radius 2 is 1.79 bits per heavy atom. The SMILES string of the molecule is CCN1CCN(C(=O)CCC2CCN(C(=O)[C@H](C)n3ccnc3C)CC2)CC1. The Bertz CT molecular complexity index is 658. The second-order valence-electron chi connectivity index (χ2n) is 8.18. The van der Waals surface area contributed by atoms with E-state index in [1.54, 1.807) is 6.20 Å². The quantitative estimate of drug-likeness (QED) is 0.746. The van der Waals surface area contributed by atoms with Crippen LogP contribution in [0.25, 0.3) is 0 Å². The molecule has 7 nitrogen and oxygen atoms in total. The van der Waals surface area contributed by atoms with E-state index in [9.17, 15) is 9.59 Å². The number of carbonyl (C=O) groups excluding carboxylic acids is 2. The van der Waals surface area contributed by atoms with Crippen LogP contribution in [-0.4, -0.2) is 81.9 Å². The number of rotatable bonds is 6. The molecule has 3 heterocycles. The Labute approximate surface area is 168 Å². The lowest BCUT2D eigenvalue weighted by Gasteiger charge is -2.35. The van der Waals surface area contributed by atoms with E-state index in [0.717, 1.165) is 70.9 Å². The number of carbonyl (C=O) groups is 2. The first-order valence-electron chi connectivity index (χ1n) is 10.8. The van der Waals surface area contributed by atoms with Crippen molar-refractivity contribution in [3.63, 3.8) is 0 Å². The van der Waals surface area contributed by atoms with Crippen LogP contribution in [0.2, 0.25) is 0 Å². The zero-order valence-corrected chi connectivity index (χ0v) is 17.6. The molecule has 7 heteroatoms. The number of hydrogen-bond acceptors (Lipinski definition) is 4. The number of hydrogen-bond donors (Lipinski definition) is 0. The highest BCUT2D eigenvalue weighted by Crippen LogP contribution is 2.24. The predicted molar refractivity (Wildman–Crippen MR) is 109 cm³/mol. The van der Waals surface area contributed by atoms with Crippen LogP contribution in [0.3, 0.4) is 0 Å². The number of amides is 2.